The van der Waals surface area contributed by atoms with Gasteiger partial charge in [-0.05, 0) is 28.5 Å². The van der Waals surface area contributed by atoms with Gasteiger partial charge < -0.3 is 4.42 Å². The number of rotatable bonds is 4. The average molecular weight is 370 g/mol. The summed E-state index contributed by atoms with van der Waals surface area (Å²) in [5.74, 6) is 0.119. The number of thiophene rings is 1. The van der Waals surface area contributed by atoms with E-state index in [2.05, 4.69) is 15.5 Å². The van der Waals surface area contributed by atoms with Crippen molar-refractivity contribution in [2.24, 2.45) is 0 Å². The van der Waals surface area contributed by atoms with Crippen molar-refractivity contribution in [1.82, 2.24) is 10.2 Å². The first-order valence-corrected chi connectivity index (χ1v) is 8.74. The molecule has 0 spiro atoms. The Balaban J connectivity index is 1.50. The van der Waals surface area contributed by atoms with Gasteiger partial charge in [0.1, 0.15) is 0 Å². The second-order valence-electron chi connectivity index (χ2n) is 5.38. The predicted molar refractivity (Wildman–Crippen MR) is 98.9 cm³/mol. The van der Waals surface area contributed by atoms with E-state index in [4.69, 9.17) is 16.0 Å². The van der Waals surface area contributed by atoms with Gasteiger partial charge in [-0.1, -0.05) is 59.2 Å². The van der Waals surface area contributed by atoms with Gasteiger partial charge in [0, 0.05) is 0 Å². The van der Waals surface area contributed by atoms with Crippen LogP contribution in [0.15, 0.2) is 59.0 Å². The maximum absolute atomic E-state index is 12.3. The molecule has 5 nitrogen and oxygen atoms in total. The summed E-state index contributed by atoms with van der Waals surface area (Å²) in [7, 11) is 0. The molecular weight excluding hydrogens is 358 g/mol. The van der Waals surface area contributed by atoms with Crippen LogP contribution in [0, 0.1) is 0 Å². The van der Waals surface area contributed by atoms with E-state index in [9.17, 15) is 4.79 Å². The second-order valence-corrected chi connectivity index (χ2v) is 7.09. The highest BCUT2D eigenvalue weighted by Crippen LogP contribution is 2.30. The maximum Gasteiger partial charge on any atom is 0.322 e. The van der Waals surface area contributed by atoms with Crippen molar-refractivity contribution in [2.75, 3.05) is 5.32 Å². The van der Waals surface area contributed by atoms with Gasteiger partial charge in [-0.3, -0.25) is 10.1 Å². The monoisotopic (exact) mass is 369 g/mol. The van der Waals surface area contributed by atoms with Crippen LogP contribution in [0.25, 0.3) is 21.5 Å². The number of amides is 1. The van der Waals surface area contributed by atoms with Gasteiger partial charge in [-0.25, -0.2) is 0 Å². The summed E-state index contributed by atoms with van der Waals surface area (Å²) in [6.45, 7) is 0. The molecule has 2 aromatic heterocycles. The van der Waals surface area contributed by atoms with Gasteiger partial charge in [-0.2, -0.15) is 0 Å². The minimum Gasteiger partial charge on any atom is -0.402 e. The number of aromatic nitrogens is 2. The third-order valence-electron chi connectivity index (χ3n) is 3.69. The molecule has 0 bridgehead atoms. The molecule has 0 saturated carbocycles. The summed E-state index contributed by atoms with van der Waals surface area (Å²) in [4.78, 5) is 13.1. The van der Waals surface area contributed by atoms with Crippen LogP contribution in [0.2, 0.25) is 4.34 Å². The van der Waals surface area contributed by atoms with E-state index in [1.807, 2.05) is 42.5 Å². The van der Waals surface area contributed by atoms with Crippen LogP contribution in [0.1, 0.15) is 5.56 Å². The first kappa shape index (κ1) is 15.8. The number of hydrogen-bond acceptors (Lipinski definition) is 5. The fourth-order valence-corrected chi connectivity index (χ4v) is 3.55. The van der Waals surface area contributed by atoms with Crippen molar-refractivity contribution in [3.8, 4) is 10.8 Å². The average Bonchev–Trinajstić information content (AvgIpc) is 3.24. The lowest BCUT2D eigenvalue weighted by molar-refractivity contribution is -0.115. The molecule has 2 heterocycles. The summed E-state index contributed by atoms with van der Waals surface area (Å²) in [6, 6.07) is 17.5. The van der Waals surface area contributed by atoms with Crippen LogP contribution in [0.4, 0.5) is 6.01 Å². The largest absolute Gasteiger partial charge is 0.402 e. The van der Waals surface area contributed by atoms with E-state index in [1.165, 1.54) is 11.3 Å². The number of halogens is 1. The van der Waals surface area contributed by atoms with Crippen molar-refractivity contribution < 1.29 is 9.21 Å². The third kappa shape index (κ3) is 3.40. The number of benzene rings is 2. The zero-order valence-electron chi connectivity index (χ0n) is 12.9. The standard InChI is InChI=1S/C18H12ClN3O2S/c19-15-9-8-14(25-15)17-21-22-18(24-17)20-16(23)10-12-6-3-5-11-4-1-2-7-13(11)12/h1-9H,10H2,(H,20,22,23). The molecule has 25 heavy (non-hydrogen) atoms. The van der Waals surface area contributed by atoms with E-state index in [0.717, 1.165) is 21.2 Å². The number of carbonyl (C=O) groups excluding carboxylic acids is 1. The Bertz CT molecular complexity index is 1050. The van der Waals surface area contributed by atoms with Gasteiger partial charge in [0.2, 0.25) is 5.91 Å². The number of hydrogen-bond donors (Lipinski definition) is 1. The lowest BCUT2D eigenvalue weighted by Gasteiger charge is -2.05. The summed E-state index contributed by atoms with van der Waals surface area (Å²) >= 11 is 7.23. The van der Waals surface area contributed by atoms with Crippen LogP contribution < -0.4 is 5.32 Å². The third-order valence-corrected chi connectivity index (χ3v) is 4.91. The first-order valence-electron chi connectivity index (χ1n) is 7.55. The zero-order valence-corrected chi connectivity index (χ0v) is 14.5. The molecule has 0 unspecified atom stereocenters. The first-order chi connectivity index (χ1) is 12.2. The highest BCUT2D eigenvalue weighted by molar-refractivity contribution is 7.19. The zero-order chi connectivity index (χ0) is 17.2. The number of nitrogens with zero attached hydrogens (tertiary/aromatic N) is 2. The SMILES string of the molecule is O=C(Cc1cccc2ccccc12)Nc1nnc(-c2ccc(Cl)s2)o1. The molecule has 1 amide bonds. The smallest absolute Gasteiger partial charge is 0.322 e. The Morgan fingerprint density at radius 3 is 2.76 bits per heavy atom. The topological polar surface area (TPSA) is 68.0 Å². The number of fused-ring (bicyclic) bond motifs is 1. The lowest BCUT2D eigenvalue weighted by atomic mass is 10.0. The Morgan fingerprint density at radius 1 is 1.08 bits per heavy atom. The van der Waals surface area contributed by atoms with Gasteiger partial charge in [0.05, 0.1) is 15.6 Å². The highest BCUT2D eigenvalue weighted by Gasteiger charge is 2.14. The van der Waals surface area contributed by atoms with E-state index in [-0.39, 0.29) is 18.3 Å². The molecule has 4 aromatic rings. The second kappa shape index (κ2) is 6.66. The van der Waals surface area contributed by atoms with Crippen LogP contribution in [0.3, 0.4) is 0 Å². The van der Waals surface area contributed by atoms with Crippen molar-refractivity contribution in [3.63, 3.8) is 0 Å². The van der Waals surface area contributed by atoms with E-state index in [1.54, 1.807) is 12.1 Å². The van der Waals surface area contributed by atoms with Crippen molar-refractivity contribution in [1.29, 1.82) is 0 Å². The maximum atomic E-state index is 12.3. The molecular formula is C18H12ClN3O2S. The quantitative estimate of drug-likeness (QED) is 0.561. The van der Waals surface area contributed by atoms with E-state index < -0.39 is 0 Å². The molecule has 2 aromatic carbocycles. The minimum absolute atomic E-state index is 0.0739. The van der Waals surface area contributed by atoms with Gasteiger partial charge in [0.15, 0.2) is 0 Å². The van der Waals surface area contributed by atoms with Crippen LogP contribution in [0.5, 0.6) is 0 Å². The molecule has 0 aliphatic heterocycles. The Hall–Kier alpha value is -2.70. The molecule has 1 N–H and O–H groups in total. The van der Waals surface area contributed by atoms with E-state index >= 15 is 0 Å². The number of nitrogens with one attached hydrogen (secondary N) is 1. The summed E-state index contributed by atoms with van der Waals surface area (Å²) in [6.07, 6.45) is 0.226. The molecule has 4 rings (SSSR count). The number of carbonyl (C=O) groups is 1. The van der Waals surface area contributed by atoms with Crippen molar-refractivity contribution >= 4 is 45.6 Å². The molecule has 0 fully saturated rings. The molecule has 0 radical (unpaired) electrons. The summed E-state index contributed by atoms with van der Waals surface area (Å²) in [5.41, 5.74) is 0.945. The van der Waals surface area contributed by atoms with Crippen LogP contribution in [-0.2, 0) is 11.2 Å². The van der Waals surface area contributed by atoms with Crippen LogP contribution >= 0.6 is 22.9 Å². The van der Waals surface area contributed by atoms with Gasteiger partial charge >= 0.3 is 6.01 Å². The fourth-order valence-electron chi connectivity index (χ4n) is 2.59. The predicted octanol–water partition coefficient (Wildman–Crippen LogP) is 4.79. The van der Waals surface area contributed by atoms with Gasteiger partial charge in [0.25, 0.3) is 5.89 Å². The van der Waals surface area contributed by atoms with Crippen molar-refractivity contribution in [3.05, 3.63) is 64.5 Å². The molecule has 0 aliphatic carbocycles. The van der Waals surface area contributed by atoms with Crippen LogP contribution in [-0.4, -0.2) is 16.1 Å². The molecule has 0 aliphatic rings. The highest BCUT2D eigenvalue weighted by atomic mass is 35.5. The number of anilines is 1. The molecule has 0 atom stereocenters. The normalized spacial score (nSPS) is 10.9. The molecule has 7 heteroatoms. The molecule has 0 saturated heterocycles. The fraction of sp³-hybridized carbons (Fsp3) is 0.0556. The summed E-state index contributed by atoms with van der Waals surface area (Å²) < 4.78 is 6.11. The Kier molecular flexibility index (Phi) is 4.21. The van der Waals surface area contributed by atoms with E-state index in [0.29, 0.717) is 10.2 Å². The Morgan fingerprint density at radius 2 is 1.92 bits per heavy atom. The Labute approximate surface area is 152 Å². The van der Waals surface area contributed by atoms with Gasteiger partial charge in [-0.15, -0.1) is 16.4 Å². The minimum atomic E-state index is -0.212. The summed E-state index contributed by atoms with van der Waals surface area (Å²) in [5, 5.41) is 12.6. The molecule has 124 valence electrons. The van der Waals surface area contributed by atoms with Crippen molar-refractivity contribution in [2.45, 2.75) is 6.42 Å². The lowest BCUT2D eigenvalue weighted by Crippen LogP contribution is -2.14.